The normalized spacial score (nSPS) is 10.9. The number of hydrogen-bond donors (Lipinski definition) is 1. The second kappa shape index (κ2) is 4.80. The molecule has 0 aliphatic carbocycles. The third-order valence-corrected chi connectivity index (χ3v) is 3.13. The van der Waals surface area contributed by atoms with Crippen LogP contribution in [-0.2, 0) is 13.5 Å². The molecule has 0 aliphatic rings. The Morgan fingerprint density at radius 2 is 2.20 bits per heavy atom. The molecule has 0 bridgehead atoms. The number of nitrogens with zero attached hydrogens (tertiary/aromatic N) is 4. The van der Waals surface area contributed by atoms with Crippen LogP contribution in [0.1, 0.15) is 17.0 Å². The molecule has 2 aromatic heterocycles. The van der Waals surface area contributed by atoms with Crippen LogP contribution in [0.5, 0.6) is 0 Å². The van der Waals surface area contributed by atoms with E-state index in [1.54, 1.807) is 17.9 Å². The van der Waals surface area contributed by atoms with Gasteiger partial charge in [0.15, 0.2) is 5.82 Å². The molecule has 6 nitrogen and oxygen atoms in total. The Morgan fingerprint density at radius 1 is 1.35 bits per heavy atom. The molecule has 0 spiro atoms. The van der Waals surface area contributed by atoms with Gasteiger partial charge >= 0.3 is 0 Å². The molecule has 2 N–H and O–H groups in total. The number of aromatic nitrogens is 4. The summed E-state index contributed by atoms with van der Waals surface area (Å²) in [6, 6.07) is 8.22. The Balaban J connectivity index is 1.85. The first-order valence-electron chi connectivity index (χ1n) is 6.29. The van der Waals surface area contributed by atoms with E-state index in [9.17, 15) is 0 Å². The monoisotopic (exact) mass is 269 g/mol. The van der Waals surface area contributed by atoms with Gasteiger partial charge in [-0.2, -0.15) is 10.1 Å². The molecule has 6 heteroatoms. The number of nitrogens with two attached hydrogens (primary N) is 1. The molecule has 3 aromatic rings. The zero-order chi connectivity index (χ0) is 14.1. The van der Waals surface area contributed by atoms with E-state index >= 15 is 0 Å². The standard InChI is InChI=1S/C14H15N5O/c1-9-4-3-5-10(6-9)7-12-17-14(20-18-12)11-8-16-19(2)13(11)15/h3-6,8H,7,15H2,1-2H3. The zero-order valence-electron chi connectivity index (χ0n) is 11.4. The molecule has 0 saturated carbocycles. The van der Waals surface area contributed by atoms with Gasteiger partial charge in [0, 0.05) is 13.5 Å². The lowest BCUT2D eigenvalue weighted by atomic mass is 10.1. The minimum absolute atomic E-state index is 0.401. The molecule has 102 valence electrons. The molecule has 3 rings (SSSR count). The van der Waals surface area contributed by atoms with Gasteiger partial charge < -0.3 is 10.3 Å². The predicted molar refractivity (Wildman–Crippen MR) is 74.9 cm³/mol. The quantitative estimate of drug-likeness (QED) is 0.785. The molecule has 0 radical (unpaired) electrons. The molecule has 1 aromatic carbocycles. The Bertz CT molecular complexity index is 744. The lowest BCUT2D eigenvalue weighted by molar-refractivity contribution is 0.424. The zero-order valence-corrected chi connectivity index (χ0v) is 11.4. The molecule has 20 heavy (non-hydrogen) atoms. The Morgan fingerprint density at radius 3 is 2.90 bits per heavy atom. The van der Waals surface area contributed by atoms with Crippen LogP contribution in [0.15, 0.2) is 35.0 Å². The highest BCUT2D eigenvalue weighted by Crippen LogP contribution is 2.23. The van der Waals surface area contributed by atoms with Gasteiger partial charge in [0.1, 0.15) is 11.4 Å². The van der Waals surface area contributed by atoms with E-state index in [0.717, 1.165) is 5.56 Å². The molecule has 0 atom stereocenters. The highest BCUT2D eigenvalue weighted by atomic mass is 16.5. The van der Waals surface area contributed by atoms with Gasteiger partial charge in [-0.1, -0.05) is 35.0 Å². The number of rotatable bonds is 3. The van der Waals surface area contributed by atoms with Gasteiger partial charge in [-0.15, -0.1) is 0 Å². The summed E-state index contributed by atoms with van der Waals surface area (Å²) >= 11 is 0. The first kappa shape index (κ1) is 12.4. The summed E-state index contributed by atoms with van der Waals surface area (Å²) in [5.74, 6) is 1.54. The number of hydrogen-bond acceptors (Lipinski definition) is 5. The largest absolute Gasteiger partial charge is 0.383 e. The summed E-state index contributed by atoms with van der Waals surface area (Å²) in [6.45, 7) is 2.06. The molecular weight excluding hydrogens is 254 g/mol. The van der Waals surface area contributed by atoms with Gasteiger partial charge in [-0.05, 0) is 12.5 Å². The molecule has 2 heterocycles. The van der Waals surface area contributed by atoms with Crippen LogP contribution < -0.4 is 5.73 Å². The molecule has 0 unspecified atom stereocenters. The van der Waals surface area contributed by atoms with Crippen molar-refractivity contribution in [2.75, 3.05) is 5.73 Å². The molecule has 0 amide bonds. The third kappa shape index (κ3) is 2.27. The minimum atomic E-state index is 0.401. The van der Waals surface area contributed by atoms with Gasteiger partial charge in [-0.3, -0.25) is 4.68 Å². The van der Waals surface area contributed by atoms with E-state index in [2.05, 4.69) is 34.3 Å². The second-order valence-electron chi connectivity index (χ2n) is 4.75. The molecule has 0 aliphatic heterocycles. The Hall–Kier alpha value is -2.63. The van der Waals surface area contributed by atoms with Crippen molar-refractivity contribution in [3.05, 3.63) is 47.4 Å². The van der Waals surface area contributed by atoms with Crippen LogP contribution in [0.4, 0.5) is 5.82 Å². The van der Waals surface area contributed by atoms with Gasteiger partial charge in [-0.25, -0.2) is 0 Å². The van der Waals surface area contributed by atoms with Crippen LogP contribution in [-0.4, -0.2) is 19.9 Å². The number of anilines is 1. The summed E-state index contributed by atoms with van der Waals surface area (Å²) < 4.78 is 6.82. The topological polar surface area (TPSA) is 82.8 Å². The SMILES string of the molecule is Cc1cccc(Cc2noc(-c3cnn(C)c3N)n2)c1. The summed E-state index contributed by atoms with van der Waals surface area (Å²) in [7, 11) is 1.77. The first-order valence-corrected chi connectivity index (χ1v) is 6.29. The average Bonchev–Trinajstić information content (AvgIpc) is 2.98. The van der Waals surface area contributed by atoms with Crippen LogP contribution in [0.2, 0.25) is 0 Å². The second-order valence-corrected chi connectivity index (χ2v) is 4.75. The lowest BCUT2D eigenvalue weighted by Crippen LogP contribution is -1.98. The maximum atomic E-state index is 5.89. The highest BCUT2D eigenvalue weighted by molar-refractivity contribution is 5.66. The fourth-order valence-corrected chi connectivity index (χ4v) is 2.05. The average molecular weight is 269 g/mol. The van der Waals surface area contributed by atoms with Crippen molar-refractivity contribution < 1.29 is 4.52 Å². The van der Waals surface area contributed by atoms with Crippen molar-refractivity contribution in [1.82, 2.24) is 19.9 Å². The highest BCUT2D eigenvalue weighted by Gasteiger charge is 2.15. The molecule has 0 saturated heterocycles. The number of benzene rings is 1. The van der Waals surface area contributed by atoms with E-state index in [1.165, 1.54) is 5.56 Å². The van der Waals surface area contributed by atoms with Crippen molar-refractivity contribution in [3.63, 3.8) is 0 Å². The molecule has 0 fully saturated rings. The van der Waals surface area contributed by atoms with E-state index in [1.807, 2.05) is 12.1 Å². The van der Waals surface area contributed by atoms with Crippen molar-refractivity contribution in [1.29, 1.82) is 0 Å². The van der Waals surface area contributed by atoms with E-state index in [0.29, 0.717) is 29.5 Å². The summed E-state index contributed by atoms with van der Waals surface area (Å²) in [6.07, 6.45) is 2.25. The molecular formula is C14H15N5O. The van der Waals surface area contributed by atoms with Crippen molar-refractivity contribution >= 4 is 5.82 Å². The smallest absolute Gasteiger partial charge is 0.263 e. The lowest BCUT2D eigenvalue weighted by Gasteiger charge is -1.97. The van der Waals surface area contributed by atoms with Crippen LogP contribution in [0.3, 0.4) is 0 Å². The Kier molecular flexibility index (Phi) is 2.98. The van der Waals surface area contributed by atoms with E-state index in [-0.39, 0.29) is 0 Å². The van der Waals surface area contributed by atoms with Crippen LogP contribution in [0.25, 0.3) is 11.5 Å². The van der Waals surface area contributed by atoms with Crippen molar-refractivity contribution in [2.45, 2.75) is 13.3 Å². The maximum absolute atomic E-state index is 5.89. The van der Waals surface area contributed by atoms with E-state index in [4.69, 9.17) is 10.3 Å². The van der Waals surface area contributed by atoms with E-state index < -0.39 is 0 Å². The van der Waals surface area contributed by atoms with Crippen molar-refractivity contribution in [3.8, 4) is 11.5 Å². The fraction of sp³-hybridized carbons (Fsp3) is 0.214. The fourth-order valence-electron chi connectivity index (χ4n) is 2.05. The summed E-state index contributed by atoms with van der Waals surface area (Å²) in [5.41, 5.74) is 8.91. The summed E-state index contributed by atoms with van der Waals surface area (Å²) in [4.78, 5) is 4.37. The number of aryl methyl sites for hydroxylation is 2. The number of nitrogen functional groups attached to an aromatic ring is 1. The van der Waals surface area contributed by atoms with Gasteiger partial charge in [0.25, 0.3) is 5.89 Å². The van der Waals surface area contributed by atoms with Crippen LogP contribution >= 0.6 is 0 Å². The maximum Gasteiger partial charge on any atom is 0.263 e. The predicted octanol–water partition coefficient (Wildman–Crippen LogP) is 1.95. The Labute approximate surface area is 116 Å². The van der Waals surface area contributed by atoms with Crippen molar-refractivity contribution in [2.24, 2.45) is 7.05 Å². The van der Waals surface area contributed by atoms with Gasteiger partial charge in [0.05, 0.1) is 6.20 Å². The van der Waals surface area contributed by atoms with Crippen LogP contribution in [0, 0.1) is 6.92 Å². The van der Waals surface area contributed by atoms with Gasteiger partial charge in [0.2, 0.25) is 0 Å². The third-order valence-electron chi connectivity index (χ3n) is 3.13. The minimum Gasteiger partial charge on any atom is -0.383 e. The first-order chi connectivity index (χ1) is 9.63. The summed E-state index contributed by atoms with van der Waals surface area (Å²) in [5, 5.41) is 8.05.